The van der Waals surface area contributed by atoms with Crippen LogP contribution in [0.3, 0.4) is 0 Å². The number of benzene rings is 1. The number of amidine groups is 1. The maximum absolute atomic E-state index is 6.24. The molecule has 7 heteroatoms. The Labute approximate surface area is 132 Å². The third kappa shape index (κ3) is 2.78. The lowest BCUT2D eigenvalue weighted by atomic mass is 10.1. The van der Waals surface area contributed by atoms with Crippen LogP contribution in [0, 0.1) is 0 Å². The molecule has 0 radical (unpaired) electrons. The Morgan fingerprint density at radius 1 is 1.27 bits per heavy atom. The van der Waals surface area contributed by atoms with E-state index in [0.29, 0.717) is 41.4 Å². The van der Waals surface area contributed by atoms with Gasteiger partial charge in [0.2, 0.25) is 0 Å². The number of pyridine rings is 1. The van der Waals surface area contributed by atoms with Crippen LogP contribution >= 0.6 is 11.6 Å². The van der Waals surface area contributed by atoms with Gasteiger partial charge in [0, 0.05) is 16.5 Å². The third-order valence-electron chi connectivity index (χ3n) is 3.07. The quantitative estimate of drug-likeness (QED) is 0.504. The number of fused-ring (bicyclic) bond motifs is 3. The standard InChI is InChI=1S/C15H15ClN4O2/c1-8(17)6-12(18)19-13-7-10-9(15(16)20-13)2-3-11-14(10)22-5-4-21-11/h2-3,6-7H,4-5,17H2,1H3,(H2,18,19,20)/b8-6-. The fraction of sp³-hybridized carbons (Fsp3) is 0.200. The van der Waals surface area contributed by atoms with Gasteiger partial charge in [-0.3, -0.25) is 0 Å². The second kappa shape index (κ2) is 5.73. The molecular weight excluding hydrogens is 304 g/mol. The molecule has 1 aromatic heterocycles. The molecule has 2 heterocycles. The minimum atomic E-state index is 0.255. The van der Waals surface area contributed by atoms with Crippen molar-refractivity contribution in [1.82, 2.24) is 4.98 Å². The van der Waals surface area contributed by atoms with Crippen LogP contribution in [-0.2, 0) is 0 Å². The van der Waals surface area contributed by atoms with Gasteiger partial charge >= 0.3 is 0 Å². The van der Waals surface area contributed by atoms with E-state index >= 15 is 0 Å². The van der Waals surface area contributed by atoms with E-state index in [1.807, 2.05) is 12.1 Å². The summed E-state index contributed by atoms with van der Waals surface area (Å²) in [6, 6.07) is 5.43. The molecule has 2 aromatic rings. The minimum absolute atomic E-state index is 0.255. The molecule has 0 bridgehead atoms. The second-order valence-electron chi connectivity index (χ2n) is 4.88. The first-order valence-electron chi connectivity index (χ1n) is 6.71. The predicted octanol–water partition coefficient (Wildman–Crippen LogP) is 2.51. The highest BCUT2D eigenvalue weighted by molar-refractivity contribution is 6.34. The Morgan fingerprint density at radius 2 is 2.05 bits per heavy atom. The number of hydrogen-bond donors (Lipinski definition) is 2. The number of aliphatic imine (C=N–C) groups is 1. The van der Waals surface area contributed by atoms with Gasteiger partial charge in [0.25, 0.3) is 0 Å². The Kier molecular flexibility index (Phi) is 3.77. The molecule has 0 spiro atoms. The van der Waals surface area contributed by atoms with Gasteiger partial charge in [0.15, 0.2) is 17.3 Å². The lowest BCUT2D eigenvalue weighted by Gasteiger charge is -2.20. The molecule has 0 saturated heterocycles. The van der Waals surface area contributed by atoms with Crippen LogP contribution < -0.4 is 20.9 Å². The van der Waals surface area contributed by atoms with Crippen molar-refractivity contribution < 1.29 is 9.47 Å². The molecule has 0 unspecified atom stereocenters. The van der Waals surface area contributed by atoms with Gasteiger partial charge < -0.3 is 20.9 Å². The zero-order valence-electron chi connectivity index (χ0n) is 12.0. The summed E-state index contributed by atoms with van der Waals surface area (Å²) in [7, 11) is 0. The normalized spacial score (nSPS) is 15.2. The van der Waals surface area contributed by atoms with E-state index in [0.717, 1.165) is 10.8 Å². The highest BCUT2D eigenvalue weighted by Gasteiger charge is 2.17. The smallest absolute Gasteiger partial charge is 0.169 e. The minimum Gasteiger partial charge on any atom is -0.486 e. The summed E-state index contributed by atoms with van der Waals surface area (Å²) < 4.78 is 11.3. The number of rotatable bonds is 2. The first-order valence-corrected chi connectivity index (χ1v) is 7.09. The largest absolute Gasteiger partial charge is 0.486 e. The topological polar surface area (TPSA) is 95.8 Å². The summed E-state index contributed by atoms with van der Waals surface area (Å²) in [6.45, 7) is 2.74. The molecule has 114 valence electrons. The number of aromatic nitrogens is 1. The molecular formula is C15H15ClN4O2. The Morgan fingerprint density at radius 3 is 2.82 bits per heavy atom. The molecule has 4 N–H and O–H groups in total. The highest BCUT2D eigenvalue weighted by Crippen LogP contribution is 2.40. The molecule has 22 heavy (non-hydrogen) atoms. The maximum Gasteiger partial charge on any atom is 0.169 e. The molecule has 0 aliphatic carbocycles. The van der Waals surface area contributed by atoms with E-state index in [4.69, 9.17) is 32.5 Å². The summed E-state index contributed by atoms with van der Waals surface area (Å²) in [4.78, 5) is 8.43. The average molecular weight is 319 g/mol. The van der Waals surface area contributed by atoms with Crippen molar-refractivity contribution in [2.75, 3.05) is 13.2 Å². The Balaban J connectivity index is 2.16. The number of halogens is 1. The second-order valence-corrected chi connectivity index (χ2v) is 5.24. The van der Waals surface area contributed by atoms with Crippen molar-refractivity contribution >= 4 is 34.0 Å². The van der Waals surface area contributed by atoms with Gasteiger partial charge in [-0.1, -0.05) is 11.6 Å². The number of allylic oxidation sites excluding steroid dienone is 1. The average Bonchev–Trinajstić information content (AvgIpc) is 2.46. The van der Waals surface area contributed by atoms with Crippen LogP contribution in [0.5, 0.6) is 11.5 Å². The van der Waals surface area contributed by atoms with Gasteiger partial charge in [-0.15, -0.1) is 0 Å². The first-order chi connectivity index (χ1) is 10.5. The van der Waals surface area contributed by atoms with Crippen LogP contribution in [0.2, 0.25) is 5.15 Å². The molecule has 0 amide bonds. The van der Waals surface area contributed by atoms with Crippen molar-refractivity contribution in [2.24, 2.45) is 16.5 Å². The molecule has 0 fully saturated rings. The van der Waals surface area contributed by atoms with Crippen LogP contribution in [0.1, 0.15) is 6.92 Å². The van der Waals surface area contributed by atoms with Gasteiger partial charge in [-0.25, -0.2) is 9.98 Å². The van der Waals surface area contributed by atoms with E-state index < -0.39 is 0 Å². The van der Waals surface area contributed by atoms with E-state index in [9.17, 15) is 0 Å². The molecule has 1 aliphatic heterocycles. The maximum atomic E-state index is 6.24. The molecule has 1 aromatic carbocycles. The molecule has 3 rings (SSSR count). The van der Waals surface area contributed by atoms with Crippen molar-refractivity contribution in [1.29, 1.82) is 0 Å². The van der Waals surface area contributed by atoms with Crippen molar-refractivity contribution in [3.05, 3.63) is 35.1 Å². The molecule has 1 aliphatic rings. The summed E-state index contributed by atoms with van der Waals surface area (Å²) in [6.07, 6.45) is 1.56. The van der Waals surface area contributed by atoms with Crippen LogP contribution in [-0.4, -0.2) is 24.0 Å². The van der Waals surface area contributed by atoms with Crippen molar-refractivity contribution in [2.45, 2.75) is 6.92 Å². The third-order valence-corrected chi connectivity index (χ3v) is 3.36. The number of nitrogens with two attached hydrogens (primary N) is 2. The lowest BCUT2D eigenvalue weighted by molar-refractivity contribution is 0.174. The molecule has 6 nitrogen and oxygen atoms in total. The molecule has 0 saturated carbocycles. The monoisotopic (exact) mass is 318 g/mol. The van der Waals surface area contributed by atoms with E-state index in [2.05, 4.69) is 9.98 Å². The van der Waals surface area contributed by atoms with Crippen molar-refractivity contribution in [3.63, 3.8) is 0 Å². The van der Waals surface area contributed by atoms with Crippen LogP contribution in [0.15, 0.2) is 35.0 Å². The summed E-state index contributed by atoms with van der Waals surface area (Å²) in [5.74, 6) is 1.97. The van der Waals surface area contributed by atoms with Gasteiger partial charge in [0.1, 0.15) is 24.2 Å². The SMILES string of the molecule is C/C(N)=C/C(N)=Nc1cc2c3c(ccc2c(Cl)n1)OCCO3. The predicted molar refractivity (Wildman–Crippen MR) is 87.0 cm³/mol. The highest BCUT2D eigenvalue weighted by atomic mass is 35.5. The Bertz CT molecular complexity index is 798. The van der Waals surface area contributed by atoms with Gasteiger partial charge in [-0.2, -0.15) is 0 Å². The first kappa shape index (κ1) is 14.5. The molecule has 0 atom stereocenters. The van der Waals surface area contributed by atoms with Crippen molar-refractivity contribution in [3.8, 4) is 11.5 Å². The fourth-order valence-corrected chi connectivity index (χ4v) is 2.49. The summed E-state index contributed by atoms with van der Waals surface area (Å²) in [5.41, 5.74) is 11.9. The van der Waals surface area contributed by atoms with E-state index in [1.54, 1.807) is 19.1 Å². The van der Waals surface area contributed by atoms with Crippen LogP contribution in [0.25, 0.3) is 10.8 Å². The van der Waals surface area contributed by atoms with Gasteiger partial charge in [-0.05, 0) is 31.2 Å². The van der Waals surface area contributed by atoms with E-state index in [-0.39, 0.29) is 5.84 Å². The fourth-order valence-electron chi connectivity index (χ4n) is 2.24. The lowest BCUT2D eigenvalue weighted by Crippen LogP contribution is -2.15. The number of hydrogen-bond acceptors (Lipinski definition) is 5. The summed E-state index contributed by atoms with van der Waals surface area (Å²) in [5, 5.41) is 1.89. The zero-order chi connectivity index (χ0) is 15.7. The van der Waals surface area contributed by atoms with Gasteiger partial charge in [0.05, 0.1) is 0 Å². The zero-order valence-corrected chi connectivity index (χ0v) is 12.7. The summed E-state index contributed by atoms with van der Waals surface area (Å²) >= 11 is 6.24. The Hall–Kier alpha value is -2.47. The number of nitrogens with zero attached hydrogens (tertiary/aromatic N) is 2. The van der Waals surface area contributed by atoms with Crippen LogP contribution in [0.4, 0.5) is 5.82 Å². The number of ether oxygens (including phenoxy) is 2. The van der Waals surface area contributed by atoms with E-state index in [1.165, 1.54) is 0 Å².